The van der Waals surface area contributed by atoms with Gasteiger partial charge in [-0.05, 0) is 44.2 Å². The molecule has 0 saturated carbocycles. The molecule has 0 amide bonds. The van der Waals surface area contributed by atoms with Crippen molar-refractivity contribution in [2.45, 2.75) is 39.7 Å². The van der Waals surface area contributed by atoms with Crippen molar-refractivity contribution in [2.24, 2.45) is 11.8 Å². The summed E-state index contributed by atoms with van der Waals surface area (Å²) in [5.74, 6) is -0.260. The van der Waals surface area contributed by atoms with Crippen LogP contribution in [-0.4, -0.2) is 29.1 Å². The molecule has 1 heterocycles. The molecule has 3 nitrogen and oxygen atoms in total. The summed E-state index contributed by atoms with van der Waals surface area (Å²) in [4.78, 5) is 13.6. The number of hydrogen-bond acceptors (Lipinski definition) is 2. The van der Waals surface area contributed by atoms with E-state index >= 15 is 0 Å². The van der Waals surface area contributed by atoms with Gasteiger partial charge in [0.1, 0.15) is 0 Å². The van der Waals surface area contributed by atoms with Gasteiger partial charge in [0.25, 0.3) is 0 Å². The normalized spacial score (nSPS) is 21.0. The Hall–Kier alpha value is -1.35. The van der Waals surface area contributed by atoms with Crippen molar-refractivity contribution in [2.75, 3.05) is 13.1 Å². The lowest BCUT2D eigenvalue weighted by molar-refractivity contribution is -0.142. The van der Waals surface area contributed by atoms with E-state index in [0.29, 0.717) is 5.92 Å². The third kappa shape index (κ3) is 4.07. The van der Waals surface area contributed by atoms with Gasteiger partial charge in [0, 0.05) is 13.1 Å². The number of aryl methyl sites for hydroxylation is 1. The van der Waals surface area contributed by atoms with Crippen molar-refractivity contribution < 1.29 is 9.90 Å². The van der Waals surface area contributed by atoms with Crippen LogP contribution in [0.3, 0.4) is 0 Å². The van der Waals surface area contributed by atoms with Crippen molar-refractivity contribution in [1.82, 2.24) is 4.90 Å². The predicted molar refractivity (Wildman–Crippen MR) is 80.6 cm³/mol. The minimum absolute atomic E-state index is 0.168. The Balaban J connectivity index is 1.84. The van der Waals surface area contributed by atoms with Gasteiger partial charge in [0.2, 0.25) is 0 Å². The molecular weight excluding hydrogens is 250 g/mol. The maximum absolute atomic E-state index is 11.1. The number of benzene rings is 1. The Morgan fingerprint density at radius 3 is 2.95 bits per heavy atom. The van der Waals surface area contributed by atoms with Crippen LogP contribution in [0.15, 0.2) is 24.3 Å². The largest absolute Gasteiger partial charge is 0.481 e. The Labute approximate surface area is 121 Å². The monoisotopic (exact) mass is 275 g/mol. The summed E-state index contributed by atoms with van der Waals surface area (Å²) < 4.78 is 0. The van der Waals surface area contributed by atoms with E-state index in [0.717, 1.165) is 38.9 Å². The van der Waals surface area contributed by atoms with Crippen LogP contribution in [0.1, 0.15) is 37.3 Å². The standard InChI is InChI=1S/C17H25NO2/c1-3-16(17(19)20)10-15-7-8-18(12-15)11-14-6-4-5-13(2)9-14/h4-6,9,15-16H,3,7-8,10-12H2,1-2H3,(H,19,20). The smallest absolute Gasteiger partial charge is 0.306 e. The van der Waals surface area contributed by atoms with Crippen molar-refractivity contribution in [3.8, 4) is 0 Å². The van der Waals surface area contributed by atoms with Crippen LogP contribution in [0, 0.1) is 18.8 Å². The predicted octanol–water partition coefficient (Wildman–Crippen LogP) is 3.32. The van der Waals surface area contributed by atoms with Crippen LogP contribution in [-0.2, 0) is 11.3 Å². The molecule has 1 aromatic carbocycles. The van der Waals surface area contributed by atoms with Crippen LogP contribution in [0.25, 0.3) is 0 Å². The lowest BCUT2D eigenvalue weighted by Crippen LogP contribution is -2.22. The number of carbonyl (C=O) groups is 1. The van der Waals surface area contributed by atoms with E-state index in [-0.39, 0.29) is 5.92 Å². The third-order valence-electron chi connectivity index (χ3n) is 4.32. The summed E-state index contributed by atoms with van der Waals surface area (Å²) in [5, 5.41) is 9.15. The zero-order chi connectivity index (χ0) is 14.5. The first-order chi connectivity index (χ1) is 9.58. The lowest BCUT2D eigenvalue weighted by atomic mass is 9.92. The van der Waals surface area contributed by atoms with Gasteiger partial charge in [-0.2, -0.15) is 0 Å². The molecule has 3 heteroatoms. The fourth-order valence-electron chi connectivity index (χ4n) is 3.16. The van der Waals surface area contributed by atoms with Gasteiger partial charge in [-0.15, -0.1) is 0 Å². The summed E-state index contributed by atoms with van der Waals surface area (Å²) in [5.41, 5.74) is 2.66. The highest BCUT2D eigenvalue weighted by Gasteiger charge is 2.27. The molecule has 2 atom stereocenters. The summed E-state index contributed by atoms with van der Waals surface area (Å²) in [6.45, 7) is 7.21. The average molecular weight is 275 g/mol. The molecule has 0 aromatic heterocycles. The molecule has 0 spiro atoms. The molecule has 1 aliphatic heterocycles. The van der Waals surface area contributed by atoms with E-state index in [1.54, 1.807) is 0 Å². The lowest BCUT2D eigenvalue weighted by Gasteiger charge is -2.18. The quantitative estimate of drug-likeness (QED) is 0.866. The Bertz CT molecular complexity index is 458. The first-order valence-electron chi connectivity index (χ1n) is 7.59. The first kappa shape index (κ1) is 15.0. The molecular formula is C17H25NO2. The summed E-state index contributed by atoms with van der Waals surface area (Å²) in [6, 6.07) is 8.64. The van der Waals surface area contributed by atoms with Gasteiger partial charge in [-0.25, -0.2) is 0 Å². The van der Waals surface area contributed by atoms with E-state index in [9.17, 15) is 4.79 Å². The number of aliphatic carboxylic acids is 1. The van der Waals surface area contributed by atoms with Gasteiger partial charge in [-0.1, -0.05) is 36.8 Å². The number of hydrogen-bond donors (Lipinski definition) is 1. The van der Waals surface area contributed by atoms with Gasteiger partial charge in [-0.3, -0.25) is 9.69 Å². The average Bonchev–Trinajstić information content (AvgIpc) is 2.83. The number of carboxylic acids is 1. The van der Waals surface area contributed by atoms with Crippen molar-refractivity contribution >= 4 is 5.97 Å². The van der Waals surface area contributed by atoms with Gasteiger partial charge in [0.05, 0.1) is 5.92 Å². The molecule has 2 unspecified atom stereocenters. The number of rotatable bonds is 6. The van der Waals surface area contributed by atoms with E-state index in [4.69, 9.17) is 5.11 Å². The highest BCUT2D eigenvalue weighted by atomic mass is 16.4. The van der Waals surface area contributed by atoms with Crippen LogP contribution < -0.4 is 0 Å². The highest BCUT2D eigenvalue weighted by Crippen LogP contribution is 2.26. The first-order valence-corrected chi connectivity index (χ1v) is 7.59. The van der Waals surface area contributed by atoms with Crippen LogP contribution in [0.5, 0.6) is 0 Å². The molecule has 110 valence electrons. The zero-order valence-corrected chi connectivity index (χ0v) is 12.5. The second-order valence-corrected chi connectivity index (χ2v) is 6.06. The maximum atomic E-state index is 11.1. The number of likely N-dealkylation sites (tertiary alicyclic amines) is 1. The molecule has 0 radical (unpaired) electrons. The van der Waals surface area contributed by atoms with E-state index in [2.05, 4.69) is 36.1 Å². The molecule has 1 aromatic rings. The Morgan fingerprint density at radius 2 is 2.30 bits per heavy atom. The Morgan fingerprint density at radius 1 is 1.50 bits per heavy atom. The van der Waals surface area contributed by atoms with Crippen LogP contribution in [0.2, 0.25) is 0 Å². The fourth-order valence-corrected chi connectivity index (χ4v) is 3.16. The summed E-state index contributed by atoms with van der Waals surface area (Å²) in [7, 11) is 0. The van der Waals surface area contributed by atoms with E-state index < -0.39 is 5.97 Å². The molecule has 2 rings (SSSR count). The second-order valence-electron chi connectivity index (χ2n) is 6.06. The van der Waals surface area contributed by atoms with Gasteiger partial charge < -0.3 is 5.11 Å². The molecule has 1 aliphatic rings. The summed E-state index contributed by atoms with van der Waals surface area (Å²) >= 11 is 0. The van der Waals surface area contributed by atoms with Crippen LogP contribution >= 0.6 is 0 Å². The SMILES string of the molecule is CCC(CC1CCN(Cc2cccc(C)c2)C1)C(=O)O. The molecule has 0 bridgehead atoms. The summed E-state index contributed by atoms with van der Waals surface area (Å²) in [6.07, 6.45) is 2.70. The molecule has 1 fully saturated rings. The van der Waals surface area contributed by atoms with Gasteiger partial charge in [0.15, 0.2) is 0 Å². The third-order valence-corrected chi connectivity index (χ3v) is 4.32. The maximum Gasteiger partial charge on any atom is 0.306 e. The number of carboxylic acid groups (broad SMARTS) is 1. The van der Waals surface area contributed by atoms with E-state index in [1.165, 1.54) is 11.1 Å². The van der Waals surface area contributed by atoms with Crippen molar-refractivity contribution in [1.29, 1.82) is 0 Å². The molecule has 0 aliphatic carbocycles. The molecule has 1 saturated heterocycles. The topological polar surface area (TPSA) is 40.5 Å². The second kappa shape index (κ2) is 6.89. The van der Waals surface area contributed by atoms with Gasteiger partial charge >= 0.3 is 5.97 Å². The van der Waals surface area contributed by atoms with Crippen LogP contribution in [0.4, 0.5) is 0 Å². The van der Waals surface area contributed by atoms with Crippen molar-refractivity contribution in [3.63, 3.8) is 0 Å². The molecule has 20 heavy (non-hydrogen) atoms. The van der Waals surface area contributed by atoms with Crippen molar-refractivity contribution in [3.05, 3.63) is 35.4 Å². The molecule has 1 N–H and O–H groups in total. The fraction of sp³-hybridized carbons (Fsp3) is 0.588. The highest BCUT2D eigenvalue weighted by molar-refractivity contribution is 5.69. The van der Waals surface area contributed by atoms with E-state index in [1.807, 2.05) is 6.92 Å². The minimum atomic E-state index is -0.635. The minimum Gasteiger partial charge on any atom is -0.481 e. The number of nitrogens with zero attached hydrogens (tertiary/aromatic N) is 1. The zero-order valence-electron chi connectivity index (χ0n) is 12.5. The Kier molecular flexibility index (Phi) is 5.18.